The van der Waals surface area contributed by atoms with Gasteiger partial charge in [0.05, 0.1) is 12.3 Å². The van der Waals surface area contributed by atoms with E-state index in [0.717, 1.165) is 12.8 Å². The molecule has 0 aromatic carbocycles. The van der Waals surface area contributed by atoms with Crippen LogP contribution in [0.2, 0.25) is 0 Å². The molecule has 0 spiro atoms. The van der Waals surface area contributed by atoms with Crippen molar-refractivity contribution in [3.63, 3.8) is 0 Å². The lowest BCUT2D eigenvalue weighted by Gasteiger charge is -2.08. The van der Waals surface area contributed by atoms with Gasteiger partial charge in [-0.05, 0) is 18.9 Å². The Morgan fingerprint density at radius 3 is 3.00 bits per heavy atom. The van der Waals surface area contributed by atoms with Gasteiger partial charge in [-0.3, -0.25) is 0 Å². The van der Waals surface area contributed by atoms with Crippen LogP contribution in [0.15, 0.2) is 18.5 Å². The van der Waals surface area contributed by atoms with Crippen molar-refractivity contribution in [1.29, 1.82) is 0 Å². The maximum atomic E-state index is 8.71. The highest BCUT2D eigenvalue weighted by molar-refractivity contribution is 5.62. The summed E-state index contributed by atoms with van der Waals surface area (Å²) in [6, 6.07) is 1.82. The fraction of sp³-hybridized carbons (Fsp3) is 0.308. The molecule has 1 fully saturated rings. The maximum Gasteiger partial charge on any atom is 0.148 e. The average molecular weight is 256 g/mol. The predicted octanol–water partition coefficient (Wildman–Crippen LogP) is 0.752. The summed E-state index contributed by atoms with van der Waals surface area (Å²) >= 11 is 0. The van der Waals surface area contributed by atoms with Crippen LogP contribution in [0.5, 0.6) is 5.75 Å². The number of H-pyrrole nitrogens is 1. The minimum Gasteiger partial charge on any atom is -0.488 e. The first-order valence-electron chi connectivity index (χ1n) is 5.99. The monoisotopic (exact) mass is 256 g/mol. The van der Waals surface area contributed by atoms with Gasteiger partial charge in [-0.25, -0.2) is 4.98 Å². The Morgan fingerprint density at radius 2 is 2.32 bits per heavy atom. The fourth-order valence-electron chi connectivity index (χ4n) is 1.62. The lowest BCUT2D eigenvalue weighted by atomic mass is 10.2. The van der Waals surface area contributed by atoms with Crippen molar-refractivity contribution in [3.05, 3.63) is 24.0 Å². The first-order valence-corrected chi connectivity index (χ1v) is 5.99. The van der Waals surface area contributed by atoms with Crippen LogP contribution in [-0.2, 0) is 0 Å². The molecule has 1 saturated carbocycles. The molecule has 1 aliphatic rings. The van der Waals surface area contributed by atoms with Gasteiger partial charge in [0.2, 0.25) is 0 Å². The van der Waals surface area contributed by atoms with Crippen LogP contribution in [-0.4, -0.2) is 38.2 Å². The highest BCUT2D eigenvalue weighted by atomic mass is 16.5. The summed E-state index contributed by atoms with van der Waals surface area (Å²) < 4.78 is 5.83. The molecule has 2 heterocycles. The molecule has 2 aromatic heterocycles. The van der Waals surface area contributed by atoms with Crippen LogP contribution in [0.25, 0.3) is 11.4 Å². The van der Waals surface area contributed by atoms with Crippen molar-refractivity contribution < 1.29 is 9.84 Å². The second kappa shape index (κ2) is 5.08. The molecule has 3 rings (SSSR count). The number of nitrogens with one attached hydrogen (secondary N) is 1. The molecular weight excluding hydrogens is 244 g/mol. The zero-order chi connectivity index (χ0) is 13.1. The van der Waals surface area contributed by atoms with Gasteiger partial charge >= 0.3 is 0 Å². The van der Waals surface area contributed by atoms with Gasteiger partial charge < -0.3 is 9.84 Å². The predicted molar refractivity (Wildman–Crippen MR) is 67.2 cm³/mol. The summed E-state index contributed by atoms with van der Waals surface area (Å²) in [7, 11) is 0. The fourth-order valence-corrected chi connectivity index (χ4v) is 1.62. The summed E-state index contributed by atoms with van der Waals surface area (Å²) in [4.78, 5) is 4.32. The van der Waals surface area contributed by atoms with E-state index in [1.54, 1.807) is 12.4 Å². The number of pyridine rings is 1. The highest BCUT2D eigenvalue weighted by Crippen LogP contribution is 2.32. The third-order valence-electron chi connectivity index (χ3n) is 2.64. The van der Waals surface area contributed by atoms with Gasteiger partial charge in [-0.2, -0.15) is 15.4 Å². The van der Waals surface area contributed by atoms with Crippen molar-refractivity contribution in [3.8, 4) is 29.0 Å². The van der Waals surface area contributed by atoms with Crippen LogP contribution in [0, 0.1) is 11.8 Å². The van der Waals surface area contributed by atoms with Crippen LogP contribution in [0.1, 0.15) is 18.4 Å². The molecule has 0 bridgehead atoms. The number of aliphatic hydroxyl groups is 1. The molecule has 0 unspecified atom stereocenters. The van der Waals surface area contributed by atoms with E-state index in [4.69, 9.17) is 9.84 Å². The van der Waals surface area contributed by atoms with Gasteiger partial charge in [0.25, 0.3) is 0 Å². The molecule has 6 nitrogen and oxygen atoms in total. The van der Waals surface area contributed by atoms with Crippen molar-refractivity contribution >= 4 is 0 Å². The van der Waals surface area contributed by atoms with Gasteiger partial charge in [-0.15, -0.1) is 0 Å². The van der Waals surface area contributed by atoms with Gasteiger partial charge in [0.15, 0.2) is 0 Å². The zero-order valence-electron chi connectivity index (χ0n) is 10.1. The molecule has 1 aliphatic carbocycles. The van der Waals surface area contributed by atoms with Crippen LogP contribution in [0.4, 0.5) is 0 Å². The molecule has 0 aliphatic heterocycles. The highest BCUT2D eigenvalue weighted by Gasteiger charge is 2.25. The quantitative estimate of drug-likeness (QED) is 0.792. The molecule has 96 valence electrons. The number of hydrogen-bond donors (Lipinski definition) is 2. The van der Waals surface area contributed by atoms with Gasteiger partial charge in [0, 0.05) is 11.8 Å². The smallest absolute Gasteiger partial charge is 0.148 e. The van der Waals surface area contributed by atoms with Crippen LogP contribution < -0.4 is 4.74 Å². The van der Waals surface area contributed by atoms with E-state index in [0.29, 0.717) is 22.7 Å². The number of hydrogen-bond acceptors (Lipinski definition) is 5. The Balaban J connectivity index is 1.98. The summed E-state index contributed by atoms with van der Waals surface area (Å²) in [5.74, 6) is 6.06. The first-order chi connectivity index (χ1) is 9.36. The third-order valence-corrected chi connectivity index (χ3v) is 2.64. The Morgan fingerprint density at radius 1 is 1.42 bits per heavy atom. The normalized spacial score (nSPS) is 13.7. The van der Waals surface area contributed by atoms with Gasteiger partial charge in [-0.1, -0.05) is 11.8 Å². The molecule has 2 aromatic rings. The van der Waals surface area contributed by atoms with Crippen molar-refractivity contribution in [2.75, 3.05) is 6.61 Å². The topological polar surface area (TPSA) is 83.9 Å². The minimum atomic E-state index is -0.177. The van der Waals surface area contributed by atoms with Crippen molar-refractivity contribution in [2.45, 2.75) is 18.9 Å². The largest absolute Gasteiger partial charge is 0.488 e. The number of aromatic amines is 1. The third kappa shape index (κ3) is 2.72. The van der Waals surface area contributed by atoms with E-state index >= 15 is 0 Å². The SMILES string of the molecule is OCC#Cc1cnc(-c2cn[nH]n2)c(OC2CC2)c1. The number of rotatable bonds is 3. The second-order valence-electron chi connectivity index (χ2n) is 4.20. The van der Waals surface area contributed by atoms with E-state index in [9.17, 15) is 0 Å². The van der Waals surface area contributed by atoms with E-state index in [-0.39, 0.29) is 12.7 Å². The zero-order valence-corrected chi connectivity index (χ0v) is 10.1. The molecular formula is C13H12N4O2. The molecule has 6 heteroatoms. The standard InChI is InChI=1S/C13H12N4O2/c18-5-1-2-9-6-12(19-10-3-4-10)13(14-7-9)11-8-15-17-16-11/h6-8,10,18H,3-5H2,(H,15,16,17). The van der Waals surface area contributed by atoms with Crippen molar-refractivity contribution in [2.24, 2.45) is 0 Å². The molecule has 0 amide bonds. The first kappa shape index (κ1) is 11.7. The molecule has 2 N–H and O–H groups in total. The molecule has 0 atom stereocenters. The van der Waals surface area contributed by atoms with E-state index in [2.05, 4.69) is 32.2 Å². The average Bonchev–Trinajstić information content (AvgIpc) is 3.07. The summed E-state index contributed by atoms with van der Waals surface area (Å²) in [5, 5.41) is 19.1. The lowest BCUT2D eigenvalue weighted by Crippen LogP contribution is -2.00. The van der Waals surface area contributed by atoms with E-state index in [1.807, 2.05) is 6.07 Å². The Hall–Kier alpha value is -2.39. The molecule has 0 radical (unpaired) electrons. The second-order valence-corrected chi connectivity index (χ2v) is 4.20. The summed E-state index contributed by atoms with van der Waals surface area (Å²) in [6.45, 7) is -0.177. The Labute approximate surface area is 109 Å². The Kier molecular flexibility index (Phi) is 3.12. The van der Waals surface area contributed by atoms with E-state index in [1.165, 1.54) is 0 Å². The lowest BCUT2D eigenvalue weighted by molar-refractivity contribution is 0.303. The van der Waals surface area contributed by atoms with Crippen molar-refractivity contribution in [1.82, 2.24) is 20.4 Å². The Bertz CT molecular complexity index is 624. The minimum absolute atomic E-state index is 0.177. The molecule has 0 saturated heterocycles. The maximum absolute atomic E-state index is 8.71. The van der Waals surface area contributed by atoms with Crippen LogP contribution in [0.3, 0.4) is 0 Å². The number of ether oxygens (including phenoxy) is 1. The molecule has 19 heavy (non-hydrogen) atoms. The van der Waals surface area contributed by atoms with E-state index < -0.39 is 0 Å². The summed E-state index contributed by atoms with van der Waals surface area (Å²) in [6.07, 6.45) is 5.61. The van der Waals surface area contributed by atoms with Gasteiger partial charge in [0.1, 0.15) is 23.7 Å². The number of nitrogens with zero attached hydrogens (tertiary/aromatic N) is 3. The van der Waals surface area contributed by atoms with Crippen LogP contribution >= 0.6 is 0 Å². The number of aliphatic hydroxyl groups excluding tert-OH is 1. The number of aromatic nitrogens is 4. The summed E-state index contributed by atoms with van der Waals surface area (Å²) in [5.41, 5.74) is 1.99.